The van der Waals surface area contributed by atoms with Gasteiger partial charge in [0, 0.05) is 0 Å². The molecule has 0 amide bonds. The van der Waals surface area contributed by atoms with Gasteiger partial charge in [0.15, 0.2) is 5.85 Å². The fourth-order valence-electron chi connectivity index (χ4n) is 1.12. The maximum atomic E-state index is 10.8. The van der Waals surface area contributed by atoms with E-state index in [0.29, 0.717) is 0 Å². The molecule has 1 unspecified atom stereocenters. The van der Waals surface area contributed by atoms with Crippen molar-refractivity contribution >= 4 is 7.60 Å². The van der Waals surface area contributed by atoms with Gasteiger partial charge in [-0.1, -0.05) is 18.2 Å². The summed E-state index contributed by atoms with van der Waals surface area (Å²) in [5.74, 6) is -1.72. The number of hydrogen-bond donors (Lipinski definition) is 3. The van der Waals surface area contributed by atoms with Gasteiger partial charge in [0.1, 0.15) is 0 Å². The smallest absolute Gasteiger partial charge is 0.358 e. The predicted molar refractivity (Wildman–Crippen MR) is 52.9 cm³/mol. The highest BCUT2D eigenvalue weighted by atomic mass is 31.2. The van der Waals surface area contributed by atoms with Crippen molar-refractivity contribution in [3.63, 3.8) is 0 Å². The van der Waals surface area contributed by atoms with Crippen LogP contribution in [0.3, 0.4) is 0 Å². The number of aliphatic hydroxyl groups is 1. The van der Waals surface area contributed by atoms with E-state index >= 15 is 0 Å². The number of hydrogen-bond acceptors (Lipinski definition) is 2. The molecule has 1 rings (SSSR count). The molecule has 0 saturated carbocycles. The zero-order chi connectivity index (χ0) is 10.9. The zero-order valence-electron chi connectivity index (χ0n) is 8.01. The summed E-state index contributed by atoms with van der Waals surface area (Å²) in [6, 6.07) is 4.83. The van der Waals surface area contributed by atoms with Crippen molar-refractivity contribution in [3.05, 3.63) is 34.9 Å². The fraction of sp³-hybridized carbons (Fsp3) is 0.333. The second-order valence-corrected chi connectivity index (χ2v) is 4.97. The summed E-state index contributed by atoms with van der Waals surface area (Å²) in [6.07, 6.45) is 0. The second kappa shape index (κ2) is 3.83. The molecule has 0 fully saturated rings. The van der Waals surface area contributed by atoms with E-state index in [1.165, 1.54) is 6.07 Å². The minimum Gasteiger partial charge on any atom is -0.376 e. The van der Waals surface area contributed by atoms with Crippen LogP contribution in [0.4, 0.5) is 0 Å². The Labute approximate surface area is 82.4 Å². The maximum absolute atomic E-state index is 10.8. The van der Waals surface area contributed by atoms with Crippen LogP contribution >= 0.6 is 7.60 Å². The molecule has 1 aromatic rings. The van der Waals surface area contributed by atoms with Gasteiger partial charge in [0.2, 0.25) is 0 Å². The fourth-order valence-corrected chi connectivity index (χ4v) is 1.67. The van der Waals surface area contributed by atoms with Gasteiger partial charge >= 0.3 is 7.60 Å². The Balaban J connectivity index is 3.09. The number of benzene rings is 1. The second-order valence-electron chi connectivity index (χ2n) is 3.31. The SMILES string of the molecule is Cc1ccc(C(O)P(=O)(O)O)cc1C. The molecule has 0 spiro atoms. The largest absolute Gasteiger partial charge is 0.376 e. The van der Waals surface area contributed by atoms with E-state index in [1.54, 1.807) is 12.1 Å². The highest BCUT2D eigenvalue weighted by Crippen LogP contribution is 2.49. The minimum absolute atomic E-state index is 0.251. The van der Waals surface area contributed by atoms with Gasteiger partial charge in [-0.15, -0.1) is 0 Å². The Morgan fingerprint density at radius 1 is 1.21 bits per heavy atom. The van der Waals surface area contributed by atoms with Gasteiger partial charge < -0.3 is 14.9 Å². The monoisotopic (exact) mass is 216 g/mol. The first-order chi connectivity index (χ1) is 6.32. The van der Waals surface area contributed by atoms with E-state index < -0.39 is 13.4 Å². The summed E-state index contributed by atoms with van der Waals surface area (Å²) >= 11 is 0. The summed E-state index contributed by atoms with van der Waals surface area (Å²) in [6.45, 7) is 3.72. The van der Waals surface area contributed by atoms with Gasteiger partial charge in [-0.3, -0.25) is 4.57 Å². The molecule has 4 nitrogen and oxygen atoms in total. The first-order valence-electron chi connectivity index (χ1n) is 4.13. The molecule has 0 heterocycles. The molecule has 1 atom stereocenters. The molecular formula is C9H13O4P. The van der Waals surface area contributed by atoms with Gasteiger partial charge in [-0.2, -0.15) is 0 Å². The van der Waals surface area contributed by atoms with E-state index in [4.69, 9.17) is 9.79 Å². The van der Waals surface area contributed by atoms with Crippen LogP contribution in [0.15, 0.2) is 18.2 Å². The average Bonchev–Trinajstić information content (AvgIpc) is 2.07. The lowest BCUT2D eigenvalue weighted by Gasteiger charge is -2.13. The molecule has 0 aliphatic carbocycles. The summed E-state index contributed by atoms with van der Waals surface area (Å²) < 4.78 is 10.8. The van der Waals surface area contributed by atoms with E-state index in [1.807, 2.05) is 13.8 Å². The van der Waals surface area contributed by atoms with Crippen molar-refractivity contribution in [3.8, 4) is 0 Å². The third kappa shape index (κ3) is 2.42. The lowest BCUT2D eigenvalue weighted by molar-refractivity contribution is 0.205. The third-order valence-corrected chi connectivity index (χ3v) is 3.08. The molecule has 1 aromatic carbocycles. The Kier molecular flexibility index (Phi) is 3.12. The highest BCUT2D eigenvalue weighted by Gasteiger charge is 2.27. The van der Waals surface area contributed by atoms with Crippen LogP contribution in [-0.4, -0.2) is 14.9 Å². The summed E-state index contributed by atoms with van der Waals surface area (Å²) in [4.78, 5) is 17.5. The molecule has 5 heteroatoms. The summed E-state index contributed by atoms with van der Waals surface area (Å²) in [5, 5.41) is 9.31. The van der Waals surface area contributed by atoms with Gasteiger partial charge in [-0.05, 0) is 30.5 Å². The lowest BCUT2D eigenvalue weighted by atomic mass is 10.1. The van der Waals surface area contributed by atoms with Crippen LogP contribution in [0.2, 0.25) is 0 Å². The Bertz CT molecular complexity index is 382. The summed E-state index contributed by atoms with van der Waals surface area (Å²) in [7, 11) is -4.46. The number of aryl methyl sites for hydroxylation is 2. The Morgan fingerprint density at radius 2 is 1.79 bits per heavy atom. The van der Waals surface area contributed by atoms with E-state index in [0.717, 1.165) is 11.1 Å². The molecule has 0 radical (unpaired) electrons. The quantitative estimate of drug-likeness (QED) is 0.654. The van der Waals surface area contributed by atoms with Crippen LogP contribution in [0.5, 0.6) is 0 Å². The topological polar surface area (TPSA) is 77.8 Å². The zero-order valence-corrected chi connectivity index (χ0v) is 8.90. The van der Waals surface area contributed by atoms with Crippen LogP contribution in [-0.2, 0) is 4.57 Å². The molecule has 0 saturated heterocycles. The average molecular weight is 216 g/mol. The van der Waals surface area contributed by atoms with Crippen molar-refractivity contribution in [2.75, 3.05) is 0 Å². The van der Waals surface area contributed by atoms with Gasteiger partial charge in [0.25, 0.3) is 0 Å². The molecule has 0 aromatic heterocycles. The molecule has 14 heavy (non-hydrogen) atoms. The van der Waals surface area contributed by atoms with E-state index in [-0.39, 0.29) is 5.56 Å². The molecule has 0 bridgehead atoms. The highest BCUT2D eigenvalue weighted by molar-refractivity contribution is 7.51. The van der Waals surface area contributed by atoms with Crippen LogP contribution in [0.25, 0.3) is 0 Å². The first kappa shape index (κ1) is 11.4. The molecule has 0 aliphatic rings. The number of rotatable bonds is 2. The van der Waals surface area contributed by atoms with Crippen LogP contribution in [0.1, 0.15) is 22.5 Å². The molecular weight excluding hydrogens is 203 g/mol. The lowest BCUT2D eigenvalue weighted by Crippen LogP contribution is -1.99. The van der Waals surface area contributed by atoms with Crippen molar-refractivity contribution in [2.45, 2.75) is 19.7 Å². The first-order valence-corrected chi connectivity index (χ1v) is 5.81. The van der Waals surface area contributed by atoms with Crippen molar-refractivity contribution in [1.29, 1.82) is 0 Å². The molecule has 0 aliphatic heterocycles. The summed E-state index contributed by atoms with van der Waals surface area (Å²) in [5.41, 5.74) is 2.17. The van der Waals surface area contributed by atoms with Crippen molar-refractivity contribution in [1.82, 2.24) is 0 Å². The Morgan fingerprint density at radius 3 is 2.21 bits per heavy atom. The van der Waals surface area contributed by atoms with Crippen molar-refractivity contribution in [2.24, 2.45) is 0 Å². The van der Waals surface area contributed by atoms with Crippen LogP contribution < -0.4 is 0 Å². The minimum atomic E-state index is -4.46. The van der Waals surface area contributed by atoms with Crippen molar-refractivity contribution < 1.29 is 19.5 Å². The van der Waals surface area contributed by atoms with Gasteiger partial charge in [0.05, 0.1) is 0 Å². The standard InChI is InChI=1S/C9H13O4P/c1-6-3-4-8(5-7(6)2)9(10)14(11,12)13/h3-5,9-10H,1-2H3,(H2,11,12,13). The normalized spacial score (nSPS) is 14.1. The molecule has 3 N–H and O–H groups in total. The number of aliphatic hydroxyl groups excluding tert-OH is 1. The maximum Gasteiger partial charge on any atom is 0.358 e. The van der Waals surface area contributed by atoms with Crippen LogP contribution in [0, 0.1) is 13.8 Å². The predicted octanol–water partition coefficient (Wildman–Crippen LogP) is 1.47. The third-order valence-electron chi connectivity index (χ3n) is 2.15. The van der Waals surface area contributed by atoms with E-state index in [2.05, 4.69) is 0 Å². The van der Waals surface area contributed by atoms with E-state index in [9.17, 15) is 9.67 Å². The van der Waals surface area contributed by atoms with Gasteiger partial charge in [-0.25, -0.2) is 0 Å². The molecule has 78 valence electrons. The Hall–Kier alpha value is -0.670.